The number of thioether (sulfide) groups is 1. The smallest absolute Gasteiger partial charge is 0.152 e. The van der Waals surface area contributed by atoms with Crippen LogP contribution in [0.1, 0.15) is 33.9 Å². The zero-order valence-electron chi connectivity index (χ0n) is 16.4. The van der Waals surface area contributed by atoms with Crippen molar-refractivity contribution in [1.82, 2.24) is 14.8 Å². The van der Waals surface area contributed by atoms with E-state index in [-0.39, 0.29) is 0 Å². The van der Waals surface area contributed by atoms with Crippen LogP contribution in [0.4, 0.5) is 0 Å². The lowest BCUT2D eigenvalue weighted by molar-refractivity contribution is 0.112. The van der Waals surface area contributed by atoms with Crippen LogP contribution in [0, 0.1) is 0 Å². The fourth-order valence-corrected chi connectivity index (χ4v) is 5.16. The number of pyridine rings is 1. The summed E-state index contributed by atoms with van der Waals surface area (Å²) in [5.74, 6) is 2.98. The third-order valence-corrected chi connectivity index (χ3v) is 6.54. The summed E-state index contributed by atoms with van der Waals surface area (Å²) >= 11 is 1.96. The largest absolute Gasteiger partial charge is 0.463 e. The minimum absolute atomic E-state index is 0.327. The molecular weight excluding hydrogens is 394 g/mol. The first-order chi connectivity index (χ1) is 14.8. The Bertz CT molecular complexity index is 1150. The van der Waals surface area contributed by atoms with Crippen LogP contribution in [0.25, 0.3) is 22.8 Å². The Balaban J connectivity index is 1.71. The summed E-state index contributed by atoms with van der Waals surface area (Å²) in [5.41, 5.74) is 5.52. The van der Waals surface area contributed by atoms with Crippen LogP contribution in [-0.2, 0) is 6.42 Å². The summed E-state index contributed by atoms with van der Waals surface area (Å²) < 4.78 is 7.99. The van der Waals surface area contributed by atoms with Crippen molar-refractivity contribution in [1.29, 1.82) is 0 Å². The number of furan rings is 1. The van der Waals surface area contributed by atoms with Crippen LogP contribution < -0.4 is 0 Å². The highest BCUT2D eigenvalue weighted by molar-refractivity contribution is 7.99. The number of nitrogens with zero attached hydrogens (tertiary/aromatic N) is 3. The van der Waals surface area contributed by atoms with E-state index in [1.54, 1.807) is 12.5 Å². The van der Waals surface area contributed by atoms with Gasteiger partial charge in [0.25, 0.3) is 0 Å². The lowest BCUT2D eigenvalue weighted by Gasteiger charge is -2.13. The predicted octanol–water partition coefficient (Wildman–Crippen LogP) is 5.29. The molecule has 1 aromatic carbocycles. The number of hydrogen-bond donors (Lipinski definition) is 0. The topological polar surface area (TPSA) is 60.9 Å². The summed E-state index contributed by atoms with van der Waals surface area (Å²) in [7, 11) is 0. The number of aldehydes is 1. The maximum atomic E-state index is 11.3. The van der Waals surface area contributed by atoms with E-state index >= 15 is 0 Å². The van der Waals surface area contributed by atoms with Crippen LogP contribution in [-0.4, -0.2) is 32.6 Å². The van der Waals surface area contributed by atoms with Crippen molar-refractivity contribution in [2.45, 2.75) is 18.9 Å². The van der Waals surface area contributed by atoms with Crippen molar-refractivity contribution in [2.24, 2.45) is 0 Å². The van der Waals surface area contributed by atoms with Crippen molar-refractivity contribution in [2.75, 3.05) is 11.5 Å². The van der Waals surface area contributed by atoms with E-state index in [0.29, 0.717) is 18.0 Å². The van der Waals surface area contributed by atoms with E-state index in [9.17, 15) is 4.79 Å². The molecule has 3 aromatic heterocycles. The Hall–Kier alpha value is -3.12. The molecule has 0 saturated carbocycles. The lowest BCUT2D eigenvalue weighted by Crippen LogP contribution is -2.11. The summed E-state index contributed by atoms with van der Waals surface area (Å²) in [6.45, 7) is 0. The average molecular weight is 416 g/mol. The van der Waals surface area contributed by atoms with Gasteiger partial charge < -0.3 is 4.42 Å². The molecule has 0 aliphatic carbocycles. The van der Waals surface area contributed by atoms with Crippen molar-refractivity contribution >= 4 is 18.0 Å². The van der Waals surface area contributed by atoms with Gasteiger partial charge in [-0.3, -0.25) is 14.5 Å². The highest BCUT2D eigenvalue weighted by Crippen LogP contribution is 2.38. The molecule has 1 unspecified atom stereocenters. The molecule has 30 heavy (non-hydrogen) atoms. The van der Waals surface area contributed by atoms with Crippen LogP contribution in [0.3, 0.4) is 0 Å². The first kappa shape index (κ1) is 18.9. The van der Waals surface area contributed by atoms with Gasteiger partial charge in [-0.1, -0.05) is 24.3 Å². The summed E-state index contributed by atoms with van der Waals surface area (Å²) in [6, 6.07) is 17.8. The number of benzene rings is 1. The molecule has 5 nitrogen and oxygen atoms in total. The Morgan fingerprint density at radius 1 is 1.17 bits per heavy atom. The molecule has 1 aliphatic heterocycles. The van der Waals surface area contributed by atoms with E-state index in [0.717, 1.165) is 58.2 Å². The highest BCUT2D eigenvalue weighted by Gasteiger charge is 2.28. The van der Waals surface area contributed by atoms with Crippen LogP contribution in [0.15, 0.2) is 71.5 Å². The van der Waals surface area contributed by atoms with Crippen LogP contribution >= 0.6 is 11.8 Å². The summed E-state index contributed by atoms with van der Waals surface area (Å²) in [6.07, 6.45) is 6.11. The van der Waals surface area contributed by atoms with E-state index in [1.165, 1.54) is 0 Å². The highest BCUT2D eigenvalue weighted by atomic mass is 32.2. The second-order valence-corrected chi connectivity index (χ2v) is 8.52. The van der Waals surface area contributed by atoms with Crippen LogP contribution in [0.5, 0.6) is 0 Å². The van der Waals surface area contributed by atoms with Crippen molar-refractivity contribution in [3.05, 3.63) is 83.7 Å². The zero-order chi connectivity index (χ0) is 20.3. The molecule has 0 radical (unpaired) electrons. The number of hydrogen-bond acceptors (Lipinski definition) is 5. The molecule has 150 valence electrons. The second kappa shape index (κ2) is 8.32. The van der Waals surface area contributed by atoms with E-state index in [4.69, 9.17) is 9.52 Å². The van der Waals surface area contributed by atoms with E-state index in [1.807, 2.05) is 66.4 Å². The van der Waals surface area contributed by atoms with Gasteiger partial charge in [0, 0.05) is 29.5 Å². The molecule has 0 spiro atoms. The molecule has 0 N–H and O–H groups in total. The predicted molar refractivity (Wildman–Crippen MR) is 119 cm³/mol. The fraction of sp³-hybridized carbons (Fsp3) is 0.208. The Morgan fingerprint density at radius 3 is 2.87 bits per heavy atom. The maximum Gasteiger partial charge on any atom is 0.152 e. The molecule has 5 rings (SSSR count). The molecule has 6 heteroatoms. The van der Waals surface area contributed by atoms with Gasteiger partial charge in [-0.25, -0.2) is 0 Å². The normalized spacial score (nSPS) is 16.1. The zero-order valence-corrected chi connectivity index (χ0v) is 17.2. The number of aromatic nitrogens is 3. The van der Waals surface area contributed by atoms with Gasteiger partial charge in [0.2, 0.25) is 0 Å². The second-order valence-electron chi connectivity index (χ2n) is 7.37. The first-order valence-electron chi connectivity index (χ1n) is 10.0. The molecular formula is C24H21N3O2S. The molecule has 1 atom stereocenters. The van der Waals surface area contributed by atoms with Crippen LogP contribution in [0.2, 0.25) is 0 Å². The first-order valence-corrected chi connectivity index (χ1v) is 11.2. The summed E-state index contributed by atoms with van der Waals surface area (Å²) in [4.78, 5) is 15.9. The Morgan fingerprint density at radius 2 is 2.13 bits per heavy atom. The van der Waals surface area contributed by atoms with E-state index < -0.39 is 0 Å². The van der Waals surface area contributed by atoms with Gasteiger partial charge in [-0.05, 0) is 48.1 Å². The van der Waals surface area contributed by atoms with Gasteiger partial charge in [-0.15, -0.1) is 0 Å². The molecule has 0 amide bonds. The Labute approximate surface area is 179 Å². The minimum atomic E-state index is 0.327. The molecule has 4 aromatic rings. The summed E-state index contributed by atoms with van der Waals surface area (Å²) in [5, 5.41) is 5.07. The third kappa shape index (κ3) is 3.59. The SMILES string of the molecule is O=Cc1cccc(Cc2c(-c3ccccn3)nn(C3CCSC3)c2-c2ccco2)c1. The fourth-order valence-electron chi connectivity index (χ4n) is 3.98. The maximum absolute atomic E-state index is 11.3. The van der Waals surface area contributed by atoms with Gasteiger partial charge in [0.15, 0.2) is 5.76 Å². The molecule has 0 bridgehead atoms. The minimum Gasteiger partial charge on any atom is -0.463 e. The molecule has 4 heterocycles. The van der Waals surface area contributed by atoms with Crippen molar-refractivity contribution < 1.29 is 9.21 Å². The number of rotatable bonds is 6. The lowest BCUT2D eigenvalue weighted by atomic mass is 9.98. The monoisotopic (exact) mass is 415 g/mol. The standard InChI is InChI=1S/C24H21N3O2S/c28-15-18-6-3-5-17(13-18)14-20-23(21-7-1-2-10-25-21)26-27(19-9-12-30-16-19)24(20)22-8-4-11-29-22/h1-8,10-11,13,15,19H,9,12,14,16H2. The molecule has 1 aliphatic rings. The van der Waals surface area contributed by atoms with Gasteiger partial charge in [0.05, 0.1) is 18.0 Å². The average Bonchev–Trinajstić information content (AvgIpc) is 3.55. The quantitative estimate of drug-likeness (QED) is 0.401. The van der Waals surface area contributed by atoms with Gasteiger partial charge >= 0.3 is 0 Å². The van der Waals surface area contributed by atoms with Crippen molar-refractivity contribution in [3.8, 4) is 22.8 Å². The Kier molecular flexibility index (Phi) is 5.24. The molecule has 1 fully saturated rings. The number of carbonyl (C=O) groups excluding carboxylic acids is 1. The molecule has 1 saturated heterocycles. The number of carbonyl (C=O) groups is 1. The van der Waals surface area contributed by atoms with Gasteiger partial charge in [-0.2, -0.15) is 16.9 Å². The third-order valence-electron chi connectivity index (χ3n) is 5.39. The van der Waals surface area contributed by atoms with E-state index in [2.05, 4.69) is 9.67 Å². The van der Waals surface area contributed by atoms with Gasteiger partial charge in [0.1, 0.15) is 17.7 Å². The van der Waals surface area contributed by atoms with Crippen molar-refractivity contribution in [3.63, 3.8) is 0 Å².